The van der Waals surface area contributed by atoms with E-state index in [-0.39, 0.29) is 0 Å². The third kappa shape index (κ3) is 3.90. The number of fused-ring (bicyclic) bond motifs is 1. The summed E-state index contributed by atoms with van der Waals surface area (Å²) in [7, 11) is 1.77. The van der Waals surface area contributed by atoms with E-state index in [1.165, 1.54) is 33.7 Å². The van der Waals surface area contributed by atoms with Gasteiger partial charge in [0.2, 0.25) is 0 Å². The number of hydrogen-bond donors (Lipinski definition) is 3. The smallest absolute Gasteiger partial charge is 0.191 e. The second-order valence-corrected chi connectivity index (χ2v) is 7.57. The molecule has 0 saturated heterocycles. The van der Waals surface area contributed by atoms with Crippen molar-refractivity contribution in [2.24, 2.45) is 4.99 Å². The van der Waals surface area contributed by atoms with E-state index >= 15 is 0 Å². The van der Waals surface area contributed by atoms with E-state index in [0.717, 1.165) is 30.9 Å². The minimum absolute atomic E-state index is 0.382. The van der Waals surface area contributed by atoms with Crippen molar-refractivity contribution in [1.29, 1.82) is 0 Å². The molecule has 0 spiro atoms. The number of phenolic OH excluding ortho intramolecular Hbond substituents is 1. The molecule has 3 N–H and O–H groups in total. The first-order valence-electron chi connectivity index (χ1n) is 8.50. The predicted octanol–water partition coefficient (Wildman–Crippen LogP) is 3.51. The predicted molar refractivity (Wildman–Crippen MR) is 101 cm³/mol. The van der Waals surface area contributed by atoms with E-state index in [9.17, 15) is 5.11 Å². The van der Waals surface area contributed by atoms with E-state index in [1.807, 2.05) is 6.07 Å². The average molecular weight is 343 g/mol. The van der Waals surface area contributed by atoms with Gasteiger partial charge in [0.15, 0.2) is 5.96 Å². The fourth-order valence-electron chi connectivity index (χ4n) is 3.23. The highest BCUT2D eigenvalue weighted by atomic mass is 32.1. The molecule has 3 rings (SSSR count). The molecule has 1 aromatic carbocycles. The molecule has 0 saturated carbocycles. The summed E-state index contributed by atoms with van der Waals surface area (Å²) in [6, 6.07) is 8.16. The van der Waals surface area contributed by atoms with Crippen molar-refractivity contribution in [2.75, 3.05) is 7.05 Å². The molecule has 0 amide bonds. The summed E-state index contributed by atoms with van der Waals surface area (Å²) in [4.78, 5) is 6.89. The Hall–Kier alpha value is -2.01. The number of thiophene rings is 1. The molecule has 2 aromatic rings. The number of hydrogen-bond acceptors (Lipinski definition) is 3. The van der Waals surface area contributed by atoms with Crippen molar-refractivity contribution in [1.82, 2.24) is 10.6 Å². The van der Waals surface area contributed by atoms with Gasteiger partial charge in [0.1, 0.15) is 5.75 Å². The molecule has 4 nitrogen and oxygen atoms in total. The summed E-state index contributed by atoms with van der Waals surface area (Å²) in [5.74, 6) is 1.14. The van der Waals surface area contributed by atoms with Crippen molar-refractivity contribution in [2.45, 2.75) is 45.7 Å². The summed E-state index contributed by atoms with van der Waals surface area (Å²) < 4.78 is 0. The molecule has 0 bridgehead atoms. The molecule has 0 unspecified atom stereocenters. The molecule has 1 aliphatic carbocycles. The van der Waals surface area contributed by atoms with Crippen molar-refractivity contribution < 1.29 is 5.11 Å². The number of phenols is 1. The van der Waals surface area contributed by atoms with Gasteiger partial charge in [-0.25, -0.2) is 0 Å². The molecular weight excluding hydrogens is 318 g/mol. The Morgan fingerprint density at radius 3 is 2.67 bits per heavy atom. The number of benzene rings is 1. The zero-order valence-corrected chi connectivity index (χ0v) is 15.2. The maximum atomic E-state index is 10.3. The number of aromatic hydroxyl groups is 1. The van der Waals surface area contributed by atoms with Crippen molar-refractivity contribution in [3.8, 4) is 5.75 Å². The zero-order valence-electron chi connectivity index (χ0n) is 14.4. The van der Waals surface area contributed by atoms with Gasteiger partial charge in [-0.1, -0.05) is 6.07 Å². The minimum atomic E-state index is 0.382. The Balaban J connectivity index is 1.63. The van der Waals surface area contributed by atoms with Gasteiger partial charge in [0.05, 0.1) is 6.54 Å². The van der Waals surface area contributed by atoms with Crippen molar-refractivity contribution >= 4 is 17.3 Å². The largest absolute Gasteiger partial charge is 0.508 e. The summed E-state index contributed by atoms with van der Waals surface area (Å²) in [6.45, 7) is 3.47. The Bertz CT molecular complexity index is 736. The maximum absolute atomic E-state index is 10.3. The molecule has 24 heavy (non-hydrogen) atoms. The normalized spacial score (nSPS) is 14.3. The summed E-state index contributed by atoms with van der Waals surface area (Å²) in [6.07, 6.45) is 4.62. The first-order chi connectivity index (χ1) is 11.7. The van der Waals surface area contributed by atoms with Gasteiger partial charge in [0, 0.05) is 28.9 Å². The molecule has 0 atom stereocenters. The van der Waals surface area contributed by atoms with Crippen LogP contribution in [0.3, 0.4) is 0 Å². The van der Waals surface area contributed by atoms with E-state index in [1.54, 1.807) is 18.4 Å². The molecule has 128 valence electrons. The summed E-state index contributed by atoms with van der Waals surface area (Å²) in [5.41, 5.74) is 3.72. The topological polar surface area (TPSA) is 56.7 Å². The number of nitrogens with zero attached hydrogens (tertiary/aromatic N) is 1. The number of guanidine groups is 1. The lowest BCUT2D eigenvalue weighted by Crippen LogP contribution is -2.36. The molecule has 1 aromatic heterocycles. The van der Waals surface area contributed by atoms with Gasteiger partial charge in [0.25, 0.3) is 0 Å². The Kier molecular flexibility index (Phi) is 5.41. The Morgan fingerprint density at radius 2 is 1.92 bits per heavy atom. The van der Waals surface area contributed by atoms with Crippen LogP contribution in [0.4, 0.5) is 0 Å². The van der Waals surface area contributed by atoms with E-state index in [2.05, 4.69) is 40.7 Å². The average Bonchev–Trinajstić information content (AvgIpc) is 3.02. The molecule has 0 radical (unpaired) electrons. The van der Waals surface area contributed by atoms with Gasteiger partial charge in [-0.05, 0) is 61.9 Å². The standard InChI is InChI=1S/C19H25N3OS/c1-13-7-9-15(24-13)11-21-19(20-2)22-12-17-16-6-4-3-5-14(16)8-10-18(17)23/h7-10,23H,3-6,11-12H2,1-2H3,(H2,20,21,22). The molecular formula is C19H25N3OS. The zero-order chi connectivity index (χ0) is 16.9. The van der Waals surface area contributed by atoms with Gasteiger partial charge >= 0.3 is 0 Å². The lowest BCUT2D eigenvalue weighted by Gasteiger charge is -2.21. The van der Waals surface area contributed by atoms with Crippen LogP contribution < -0.4 is 10.6 Å². The van der Waals surface area contributed by atoms with Crippen molar-refractivity contribution in [3.63, 3.8) is 0 Å². The molecule has 0 aliphatic heterocycles. The van der Waals surface area contributed by atoms with Crippen LogP contribution in [-0.2, 0) is 25.9 Å². The minimum Gasteiger partial charge on any atom is -0.508 e. The van der Waals surface area contributed by atoms with Crippen LogP contribution in [0.2, 0.25) is 0 Å². The number of aliphatic imine (C=N–C) groups is 1. The third-order valence-electron chi connectivity index (χ3n) is 4.51. The number of aryl methyl sites for hydroxylation is 2. The summed E-state index contributed by atoms with van der Waals surface area (Å²) in [5, 5.41) is 16.9. The van der Waals surface area contributed by atoms with Crippen LogP contribution >= 0.6 is 11.3 Å². The van der Waals surface area contributed by atoms with E-state index in [0.29, 0.717) is 12.3 Å². The van der Waals surface area contributed by atoms with Gasteiger partial charge < -0.3 is 15.7 Å². The number of rotatable bonds is 4. The highest BCUT2D eigenvalue weighted by molar-refractivity contribution is 7.11. The summed E-state index contributed by atoms with van der Waals surface area (Å²) >= 11 is 1.79. The molecule has 1 aliphatic rings. The Morgan fingerprint density at radius 1 is 1.12 bits per heavy atom. The fourth-order valence-corrected chi connectivity index (χ4v) is 4.06. The van der Waals surface area contributed by atoms with Crippen LogP contribution in [0.1, 0.15) is 39.3 Å². The first kappa shape index (κ1) is 16.8. The highest BCUT2D eigenvalue weighted by Crippen LogP contribution is 2.30. The molecule has 1 heterocycles. The molecule has 0 fully saturated rings. The first-order valence-corrected chi connectivity index (χ1v) is 9.31. The van der Waals surface area contributed by atoms with Crippen molar-refractivity contribution in [3.05, 3.63) is 50.7 Å². The lowest BCUT2D eigenvalue weighted by atomic mass is 9.88. The van der Waals surface area contributed by atoms with E-state index in [4.69, 9.17) is 0 Å². The van der Waals surface area contributed by atoms with Crippen LogP contribution in [0.25, 0.3) is 0 Å². The lowest BCUT2D eigenvalue weighted by molar-refractivity contribution is 0.464. The monoisotopic (exact) mass is 343 g/mol. The van der Waals surface area contributed by atoms with Gasteiger partial charge in [-0.15, -0.1) is 11.3 Å². The Labute approximate surface area is 147 Å². The molecule has 5 heteroatoms. The third-order valence-corrected chi connectivity index (χ3v) is 5.51. The van der Waals surface area contributed by atoms with Crippen LogP contribution in [0, 0.1) is 6.92 Å². The maximum Gasteiger partial charge on any atom is 0.191 e. The van der Waals surface area contributed by atoms with Gasteiger partial charge in [-0.2, -0.15) is 0 Å². The fraction of sp³-hybridized carbons (Fsp3) is 0.421. The number of nitrogens with one attached hydrogen (secondary N) is 2. The second-order valence-electron chi connectivity index (χ2n) is 6.20. The van der Waals surface area contributed by atoms with Crippen LogP contribution in [0.15, 0.2) is 29.3 Å². The SMILES string of the molecule is CN=C(NCc1ccc(C)s1)NCc1c(O)ccc2c1CCCC2. The second kappa shape index (κ2) is 7.71. The quantitative estimate of drug-likeness (QED) is 0.588. The van der Waals surface area contributed by atoms with Gasteiger partial charge in [-0.3, -0.25) is 4.99 Å². The highest BCUT2D eigenvalue weighted by Gasteiger charge is 2.16. The van der Waals surface area contributed by atoms with Crippen LogP contribution in [0.5, 0.6) is 5.75 Å². The van der Waals surface area contributed by atoms with E-state index < -0.39 is 0 Å². The van der Waals surface area contributed by atoms with Crippen LogP contribution in [-0.4, -0.2) is 18.1 Å².